The molecule has 1 fully saturated rings. The van der Waals surface area contributed by atoms with Gasteiger partial charge in [0, 0.05) is 18.9 Å². The lowest BCUT2D eigenvalue weighted by atomic mass is 10.1. The highest BCUT2D eigenvalue weighted by Crippen LogP contribution is 2.33. The second-order valence-electron chi connectivity index (χ2n) is 4.53. The van der Waals surface area contributed by atoms with Gasteiger partial charge in [-0.25, -0.2) is 0 Å². The van der Waals surface area contributed by atoms with Crippen molar-refractivity contribution >= 4 is 37.7 Å². The Morgan fingerprint density at radius 3 is 2.80 bits per heavy atom. The fraction of sp³-hybridized carbons (Fsp3) is 0.333. The summed E-state index contributed by atoms with van der Waals surface area (Å²) in [5, 5.41) is 8.94. The molecule has 1 aromatic rings. The van der Waals surface area contributed by atoms with Crippen molar-refractivity contribution in [3.8, 4) is 6.07 Å². The topological polar surface area (TPSA) is 78.2 Å². The Morgan fingerprint density at radius 1 is 1.50 bits per heavy atom. The number of nitriles is 1. The van der Waals surface area contributed by atoms with Crippen LogP contribution in [-0.2, 0) is 15.0 Å². The number of halogens is 2. The van der Waals surface area contributed by atoms with Gasteiger partial charge in [-0.2, -0.15) is 13.7 Å². The molecule has 0 N–H and O–H groups in total. The fourth-order valence-corrected chi connectivity index (χ4v) is 3.58. The van der Waals surface area contributed by atoms with Gasteiger partial charge in [0.25, 0.3) is 0 Å². The highest BCUT2D eigenvalue weighted by molar-refractivity contribution is 9.10. The molecule has 8 heteroatoms. The predicted molar refractivity (Wildman–Crippen MR) is 74.2 cm³/mol. The summed E-state index contributed by atoms with van der Waals surface area (Å²) in [4.78, 5) is 13.3. The van der Waals surface area contributed by atoms with Crippen molar-refractivity contribution in [2.24, 2.45) is 5.92 Å². The maximum Gasteiger partial charge on any atom is 0.302 e. The molecule has 0 saturated carbocycles. The Kier molecular flexibility index (Phi) is 4.11. The van der Waals surface area contributed by atoms with Crippen molar-refractivity contribution in [1.29, 1.82) is 5.26 Å². The summed E-state index contributed by atoms with van der Waals surface area (Å²) in [7, 11) is -4.60. The Balaban J connectivity index is 2.27. The first-order chi connectivity index (χ1) is 9.31. The Bertz CT molecular complexity index is 699. The second kappa shape index (κ2) is 5.50. The molecule has 0 spiro atoms. The zero-order chi connectivity index (χ0) is 14.9. The van der Waals surface area contributed by atoms with E-state index in [1.165, 1.54) is 4.90 Å². The van der Waals surface area contributed by atoms with E-state index in [4.69, 9.17) is 5.26 Å². The number of hydrogen-bond donors (Lipinski definition) is 0. The predicted octanol–water partition coefficient (Wildman–Crippen LogP) is 1.97. The molecule has 0 bridgehead atoms. The van der Waals surface area contributed by atoms with E-state index in [-0.39, 0.29) is 18.9 Å². The van der Waals surface area contributed by atoms with Gasteiger partial charge in [0.05, 0.1) is 21.5 Å². The summed E-state index contributed by atoms with van der Waals surface area (Å²) in [5.41, 5.74) is 0.865. The Labute approximate surface area is 124 Å². The molecule has 5 nitrogen and oxygen atoms in total. The van der Waals surface area contributed by atoms with E-state index in [9.17, 15) is 17.1 Å². The number of nitrogens with zero attached hydrogens (tertiary/aromatic N) is 2. The van der Waals surface area contributed by atoms with Gasteiger partial charge in [-0.15, -0.1) is 3.89 Å². The first-order valence-corrected chi connectivity index (χ1v) is 8.07. The fourth-order valence-electron chi connectivity index (χ4n) is 2.22. The van der Waals surface area contributed by atoms with E-state index in [0.29, 0.717) is 15.7 Å². The molecule has 1 atom stereocenters. The van der Waals surface area contributed by atoms with Crippen LogP contribution in [-0.4, -0.2) is 26.6 Å². The van der Waals surface area contributed by atoms with Crippen molar-refractivity contribution in [1.82, 2.24) is 0 Å². The second-order valence-corrected chi connectivity index (χ2v) is 6.73. The van der Waals surface area contributed by atoms with Crippen LogP contribution in [0.15, 0.2) is 22.7 Å². The van der Waals surface area contributed by atoms with E-state index in [1.807, 2.05) is 6.07 Å². The molecule has 1 unspecified atom stereocenters. The molecule has 2 rings (SSSR count). The number of anilines is 1. The van der Waals surface area contributed by atoms with Gasteiger partial charge in [0.1, 0.15) is 6.07 Å². The summed E-state index contributed by atoms with van der Waals surface area (Å²) in [5.74, 6) is -1.52. The van der Waals surface area contributed by atoms with E-state index in [1.54, 1.807) is 18.2 Å². The van der Waals surface area contributed by atoms with Crippen LogP contribution < -0.4 is 4.90 Å². The largest absolute Gasteiger partial charge is 0.311 e. The smallest absolute Gasteiger partial charge is 0.302 e. The third-order valence-electron chi connectivity index (χ3n) is 3.03. The molecular formula is C12H10BrFN2O3S. The Morgan fingerprint density at radius 2 is 2.20 bits per heavy atom. The third-order valence-corrected chi connectivity index (χ3v) is 4.73. The molecular weight excluding hydrogens is 351 g/mol. The van der Waals surface area contributed by atoms with Gasteiger partial charge in [0.15, 0.2) is 0 Å². The zero-order valence-corrected chi connectivity index (χ0v) is 12.6. The summed E-state index contributed by atoms with van der Waals surface area (Å²) in [6, 6.07) is 6.86. The zero-order valence-electron chi connectivity index (χ0n) is 10.2. The van der Waals surface area contributed by atoms with Crippen molar-refractivity contribution in [2.45, 2.75) is 6.42 Å². The molecule has 0 radical (unpaired) electrons. The number of carbonyl (C=O) groups excluding carboxylic acids is 1. The van der Waals surface area contributed by atoms with Gasteiger partial charge in [0.2, 0.25) is 5.91 Å². The maximum absolute atomic E-state index is 12.7. The lowest BCUT2D eigenvalue weighted by Crippen LogP contribution is -2.25. The molecule has 106 valence electrons. The van der Waals surface area contributed by atoms with E-state index in [2.05, 4.69) is 15.9 Å². The van der Waals surface area contributed by atoms with Gasteiger partial charge >= 0.3 is 10.2 Å². The van der Waals surface area contributed by atoms with Crippen LogP contribution >= 0.6 is 15.9 Å². The molecule has 0 aliphatic carbocycles. The summed E-state index contributed by atoms with van der Waals surface area (Å²) >= 11 is 3.25. The number of carbonyl (C=O) groups is 1. The lowest BCUT2D eigenvalue weighted by molar-refractivity contribution is -0.117. The van der Waals surface area contributed by atoms with Crippen LogP contribution in [0.3, 0.4) is 0 Å². The average molecular weight is 361 g/mol. The first-order valence-electron chi connectivity index (χ1n) is 5.73. The van der Waals surface area contributed by atoms with Crippen LogP contribution in [0.2, 0.25) is 0 Å². The highest BCUT2D eigenvalue weighted by Gasteiger charge is 2.34. The van der Waals surface area contributed by atoms with Crippen LogP contribution in [0, 0.1) is 17.2 Å². The van der Waals surface area contributed by atoms with E-state index >= 15 is 0 Å². The van der Waals surface area contributed by atoms with Crippen molar-refractivity contribution in [2.75, 3.05) is 17.2 Å². The summed E-state index contributed by atoms with van der Waals surface area (Å²) in [6.45, 7) is 0.121. The molecule has 1 aromatic carbocycles. The van der Waals surface area contributed by atoms with E-state index in [0.717, 1.165) is 0 Å². The minimum Gasteiger partial charge on any atom is -0.311 e. The molecule has 1 saturated heterocycles. The van der Waals surface area contributed by atoms with Crippen LogP contribution in [0.25, 0.3) is 0 Å². The minimum atomic E-state index is -4.60. The quantitative estimate of drug-likeness (QED) is 0.772. The normalized spacial score (nSPS) is 19.1. The molecule has 1 aliphatic heterocycles. The standard InChI is InChI=1S/C12H10BrFN2O3S/c13-12-9(5-15)2-1-3-10(12)16-6-8(4-11(16)17)7-20(14,18)19/h1-3,8H,4,6-7H2. The molecule has 1 amide bonds. The molecule has 1 heterocycles. The van der Waals surface area contributed by atoms with Crippen molar-refractivity contribution in [3.63, 3.8) is 0 Å². The van der Waals surface area contributed by atoms with Gasteiger partial charge in [-0.3, -0.25) is 4.79 Å². The SMILES string of the molecule is N#Cc1cccc(N2CC(CS(=O)(=O)F)CC2=O)c1Br. The third kappa shape index (κ3) is 3.16. The summed E-state index contributed by atoms with van der Waals surface area (Å²) in [6.07, 6.45) is -0.0215. The van der Waals surface area contributed by atoms with Crippen LogP contribution in [0.1, 0.15) is 12.0 Å². The Hall–Kier alpha value is -1.46. The average Bonchev–Trinajstić information content (AvgIpc) is 2.68. The van der Waals surface area contributed by atoms with E-state index < -0.39 is 21.9 Å². The molecule has 1 aliphatic rings. The van der Waals surface area contributed by atoms with Crippen molar-refractivity contribution in [3.05, 3.63) is 28.2 Å². The van der Waals surface area contributed by atoms with Crippen LogP contribution in [0.5, 0.6) is 0 Å². The summed E-state index contributed by atoms with van der Waals surface area (Å²) < 4.78 is 34.5. The number of hydrogen-bond acceptors (Lipinski definition) is 4. The highest BCUT2D eigenvalue weighted by atomic mass is 79.9. The van der Waals surface area contributed by atoms with Crippen molar-refractivity contribution < 1.29 is 17.1 Å². The van der Waals surface area contributed by atoms with Gasteiger partial charge in [-0.1, -0.05) is 6.07 Å². The minimum absolute atomic E-state index is 0.0215. The number of rotatable bonds is 3. The van der Waals surface area contributed by atoms with Crippen LogP contribution in [0.4, 0.5) is 9.57 Å². The lowest BCUT2D eigenvalue weighted by Gasteiger charge is -2.18. The van der Waals surface area contributed by atoms with Gasteiger partial charge < -0.3 is 4.90 Å². The molecule has 20 heavy (non-hydrogen) atoms. The first kappa shape index (κ1) is 14.9. The molecule has 0 aromatic heterocycles. The maximum atomic E-state index is 12.7. The monoisotopic (exact) mass is 360 g/mol. The van der Waals surface area contributed by atoms with Gasteiger partial charge in [-0.05, 0) is 28.1 Å². The number of amides is 1. The number of benzene rings is 1.